The van der Waals surface area contributed by atoms with Gasteiger partial charge in [0.25, 0.3) is 15.9 Å². The summed E-state index contributed by atoms with van der Waals surface area (Å²) in [6, 6.07) is 12.3. The van der Waals surface area contributed by atoms with Crippen LogP contribution in [0.25, 0.3) is 0 Å². The lowest BCUT2D eigenvalue weighted by molar-refractivity contribution is 0.0950. The number of ether oxygens (including phenoxy) is 1. The molecule has 0 aliphatic heterocycles. The number of anilines is 1. The number of sulfonamides is 1. The van der Waals surface area contributed by atoms with E-state index in [4.69, 9.17) is 9.26 Å². The molecule has 1 heterocycles. The highest BCUT2D eigenvalue weighted by Gasteiger charge is 2.17. The lowest BCUT2D eigenvalue weighted by atomic mass is 10.2. The molecule has 0 spiro atoms. The van der Waals surface area contributed by atoms with Gasteiger partial charge < -0.3 is 14.6 Å². The fourth-order valence-electron chi connectivity index (χ4n) is 2.52. The van der Waals surface area contributed by atoms with Gasteiger partial charge in [0, 0.05) is 11.6 Å². The first-order valence-corrected chi connectivity index (χ1v) is 10.7. The molecule has 0 unspecified atom stereocenters. The summed E-state index contributed by atoms with van der Waals surface area (Å²) in [5, 5.41) is 6.48. The summed E-state index contributed by atoms with van der Waals surface area (Å²) in [4.78, 5) is 12.3. The van der Waals surface area contributed by atoms with Crippen LogP contribution in [0.15, 0.2) is 62.4 Å². The maximum Gasteiger partial charge on any atom is 0.261 e. The third-order valence-corrected chi connectivity index (χ3v) is 5.92. The Bertz CT molecular complexity index is 1140. The van der Waals surface area contributed by atoms with Gasteiger partial charge in [-0.2, -0.15) is 0 Å². The second-order valence-electron chi connectivity index (χ2n) is 6.09. The number of methoxy groups -OCH3 is 1. The highest BCUT2D eigenvalue weighted by atomic mass is 79.9. The Labute approximate surface area is 176 Å². The fourth-order valence-corrected chi connectivity index (χ4v) is 4.16. The zero-order valence-electron chi connectivity index (χ0n) is 15.6. The number of hydrogen-bond donors (Lipinski definition) is 2. The summed E-state index contributed by atoms with van der Waals surface area (Å²) in [6.45, 7) is 1.92. The SMILES string of the molecule is COc1ccc(NS(=O)(=O)c2cccc(C(=O)NCc3cc(C)on3)c2)cc1Br. The highest BCUT2D eigenvalue weighted by molar-refractivity contribution is 9.10. The molecule has 3 rings (SSSR count). The third kappa shape index (κ3) is 5.15. The van der Waals surface area contributed by atoms with Crippen molar-refractivity contribution in [3.63, 3.8) is 0 Å². The van der Waals surface area contributed by atoms with Crippen molar-refractivity contribution in [3.05, 3.63) is 70.0 Å². The third-order valence-electron chi connectivity index (χ3n) is 3.92. The Morgan fingerprint density at radius 2 is 2.00 bits per heavy atom. The van der Waals surface area contributed by atoms with Gasteiger partial charge >= 0.3 is 0 Å². The zero-order chi connectivity index (χ0) is 21.0. The second-order valence-corrected chi connectivity index (χ2v) is 8.63. The van der Waals surface area contributed by atoms with Gasteiger partial charge in [-0.1, -0.05) is 11.2 Å². The van der Waals surface area contributed by atoms with E-state index in [0.717, 1.165) is 0 Å². The lowest BCUT2D eigenvalue weighted by Crippen LogP contribution is -2.23. The topological polar surface area (TPSA) is 111 Å². The number of carbonyl (C=O) groups excluding carboxylic acids is 1. The largest absolute Gasteiger partial charge is 0.496 e. The van der Waals surface area contributed by atoms with Gasteiger partial charge in [-0.3, -0.25) is 9.52 Å². The summed E-state index contributed by atoms with van der Waals surface area (Å²) < 4.78 is 38.6. The van der Waals surface area contributed by atoms with Crippen molar-refractivity contribution < 1.29 is 22.5 Å². The Kier molecular flexibility index (Phi) is 6.23. The molecule has 1 amide bonds. The smallest absolute Gasteiger partial charge is 0.261 e. The number of hydrogen-bond acceptors (Lipinski definition) is 6. The molecular weight excluding hydrogens is 462 g/mol. The van der Waals surface area contributed by atoms with E-state index in [0.29, 0.717) is 27.4 Å². The molecule has 0 aliphatic rings. The molecule has 0 saturated heterocycles. The number of rotatable bonds is 7. The summed E-state index contributed by atoms with van der Waals surface area (Å²) in [5.74, 6) is 0.794. The van der Waals surface area contributed by atoms with Crippen molar-refractivity contribution in [2.75, 3.05) is 11.8 Å². The van der Waals surface area contributed by atoms with E-state index in [9.17, 15) is 13.2 Å². The Balaban J connectivity index is 1.74. The molecule has 8 nitrogen and oxygen atoms in total. The fraction of sp³-hybridized carbons (Fsp3) is 0.158. The second kappa shape index (κ2) is 8.66. The van der Waals surface area contributed by atoms with Crippen LogP contribution < -0.4 is 14.8 Å². The maximum absolute atomic E-state index is 12.7. The molecule has 3 aromatic rings. The van der Waals surface area contributed by atoms with Crippen molar-refractivity contribution in [3.8, 4) is 5.75 Å². The van der Waals surface area contributed by atoms with Crippen molar-refractivity contribution in [2.45, 2.75) is 18.4 Å². The molecule has 0 saturated carbocycles. The number of nitrogens with zero attached hydrogens (tertiary/aromatic N) is 1. The van der Waals surface area contributed by atoms with Gasteiger partial charge in [0.1, 0.15) is 17.2 Å². The Hall–Kier alpha value is -2.85. The molecule has 0 aliphatic carbocycles. The van der Waals surface area contributed by atoms with Gasteiger partial charge in [0.2, 0.25) is 0 Å². The number of benzene rings is 2. The molecule has 2 aromatic carbocycles. The average Bonchev–Trinajstić information content (AvgIpc) is 3.11. The first-order valence-electron chi connectivity index (χ1n) is 8.45. The molecule has 0 atom stereocenters. The summed E-state index contributed by atoms with van der Waals surface area (Å²) >= 11 is 3.32. The molecular formula is C19H18BrN3O5S. The molecule has 10 heteroatoms. The van der Waals surface area contributed by atoms with Gasteiger partial charge in [0.05, 0.1) is 28.7 Å². The van der Waals surface area contributed by atoms with E-state index in [-0.39, 0.29) is 17.0 Å². The molecule has 152 valence electrons. The van der Waals surface area contributed by atoms with Gasteiger partial charge in [0.15, 0.2) is 0 Å². The predicted octanol–water partition coefficient (Wildman–Crippen LogP) is 3.48. The molecule has 0 bridgehead atoms. The van der Waals surface area contributed by atoms with E-state index in [1.165, 1.54) is 31.4 Å². The van der Waals surface area contributed by atoms with E-state index < -0.39 is 15.9 Å². The van der Waals surface area contributed by atoms with Crippen molar-refractivity contribution in [1.82, 2.24) is 10.5 Å². The average molecular weight is 480 g/mol. The highest BCUT2D eigenvalue weighted by Crippen LogP contribution is 2.29. The number of nitrogens with one attached hydrogen (secondary N) is 2. The van der Waals surface area contributed by atoms with Crippen molar-refractivity contribution >= 4 is 37.5 Å². The van der Waals surface area contributed by atoms with Crippen LogP contribution >= 0.6 is 15.9 Å². The molecule has 29 heavy (non-hydrogen) atoms. The Morgan fingerprint density at radius 3 is 2.66 bits per heavy atom. The minimum Gasteiger partial charge on any atom is -0.496 e. The van der Waals surface area contributed by atoms with Gasteiger partial charge in [-0.05, 0) is 59.3 Å². The Morgan fingerprint density at radius 1 is 1.21 bits per heavy atom. The zero-order valence-corrected chi connectivity index (χ0v) is 18.0. The maximum atomic E-state index is 12.7. The van der Waals surface area contributed by atoms with Crippen molar-refractivity contribution in [1.29, 1.82) is 0 Å². The van der Waals surface area contributed by atoms with E-state index in [1.807, 2.05) is 0 Å². The predicted molar refractivity (Wildman–Crippen MR) is 110 cm³/mol. The van der Waals surface area contributed by atoms with E-state index in [2.05, 4.69) is 31.1 Å². The van der Waals surface area contributed by atoms with Crippen LogP contribution in [0.1, 0.15) is 21.8 Å². The standard InChI is InChI=1S/C19H18BrN3O5S/c1-12-8-15(22-28-12)11-21-19(24)13-4-3-5-16(9-13)29(25,26)23-14-6-7-18(27-2)17(20)10-14/h3-10,23H,11H2,1-2H3,(H,21,24). The van der Waals surface area contributed by atoms with Gasteiger partial charge in [-0.25, -0.2) is 8.42 Å². The monoisotopic (exact) mass is 479 g/mol. The van der Waals surface area contributed by atoms with Crippen LogP contribution in [0.5, 0.6) is 5.75 Å². The first kappa shape index (κ1) is 20.9. The van der Waals surface area contributed by atoms with Crippen LogP contribution in [0.3, 0.4) is 0 Å². The first-order chi connectivity index (χ1) is 13.8. The van der Waals surface area contributed by atoms with E-state index in [1.54, 1.807) is 31.2 Å². The quantitative estimate of drug-likeness (QED) is 0.536. The summed E-state index contributed by atoms with van der Waals surface area (Å²) in [7, 11) is -2.37. The molecule has 1 aromatic heterocycles. The minimum atomic E-state index is -3.89. The number of halogens is 1. The van der Waals surface area contributed by atoms with Crippen LogP contribution in [0, 0.1) is 6.92 Å². The summed E-state index contributed by atoms with van der Waals surface area (Å²) in [5.41, 5.74) is 1.14. The van der Waals surface area contributed by atoms with Crippen LogP contribution in [0.4, 0.5) is 5.69 Å². The number of aryl methyl sites for hydroxylation is 1. The van der Waals surface area contributed by atoms with Crippen LogP contribution in [-0.2, 0) is 16.6 Å². The summed E-state index contributed by atoms with van der Waals surface area (Å²) in [6.07, 6.45) is 0. The molecule has 0 fully saturated rings. The molecule has 0 radical (unpaired) electrons. The minimum absolute atomic E-state index is 0.0330. The van der Waals surface area contributed by atoms with Crippen LogP contribution in [-0.4, -0.2) is 26.6 Å². The van der Waals surface area contributed by atoms with Gasteiger partial charge in [-0.15, -0.1) is 0 Å². The van der Waals surface area contributed by atoms with Crippen molar-refractivity contribution in [2.24, 2.45) is 0 Å². The lowest BCUT2D eigenvalue weighted by Gasteiger charge is -2.11. The molecule has 2 N–H and O–H groups in total. The number of amides is 1. The normalized spacial score (nSPS) is 11.1. The van der Waals surface area contributed by atoms with E-state index >= 15 is 0 Å². The number of carbonyl (C=O) groups is 1. The number of aromatic nitrogens is 1. The van der Waals surface area contributed by atoms with Crippen LogP contribution in [0.2, 0.25) is 0 Å².